The SMILES string of the molecule is C=CCn1ccnc1Nc1ccc(Br)cc1Br. The first kappa shape index (κ1) is 12.4. The second kappa shape index (κ2) is 5.51. The summed E-state index contributed by atoms with van der Waals surface area (Å²) in [5.41, 5.74) is 0.977. The van der Waals surface area contributed by atoms with Gasteiger partial charge in [-0.25, -0.2) is 4.98 Å². The van der Waals surface area contributed by atoms with Crippen molar-refractivity contribution in [3.63, 3.8) is 0 Å². The second-order valence-corrected chi connectivity index (χ2v) is 5.21. The van der Waals surface area contributed by atoms with E-state index in [1.807, 2.05) is 35.0 Å². The van der Waals surface area contributed by atoms with Gasteiger partial charge in [0, 0.05) is 27.9 Å². The Balaban J connectivity index is 2.25. The number of hydrogen-bond acceptors (Lipinski definition) is 2. The molecule has 0 aliphatic carbocycles. The molecule has 0 saturated carbocycles. The molecule has 0 atom stereocenters. The zero-order valence-corrected chi connectivity index (χ0v) is 12.2. The van der Waals surface area contributed by atoms with Crippen LogP contribution in [0.1, 0.15) is 0 Å². The molecule has 1 heterocycles. The Morgan fingerprint density at radius 1 is 1.41 bits per heavy atom. The van der Waals surface area contributed by atoms with Crippen LogP contribution in [0.2, 0.25) is 0 Å². The molecule has 0 amide bonds. The van der Waals surface area contributed by atoms with Crippen molar-refractivity contribution in [2.75, 3.05) is 5.32 Å². The molecule has 0 aliphatic rings. The molecule has 1 aromatic heterocycles. The Labute approximate surface area is 117 Å². The molecule has 0 unspecified atom stereocenters. The van der Waals surface area contributed by atoms with Crippen molar-refractivity contribution in [3.8, 4) is 0 Å². The number of halogens is 2. The van der Waals surface area contributed by atoms with Gasteiger partial charge in [0.05, 0.1) is 5.69 Å². The van der Waals surface area contributed by atoms with E-state index in [1.165, 1.54) is 0 Å². The third-order valence-electron chi connectivity index (χ3n) is 2.22. The summed E-state index contributed by atoms with van der Waals surface area (Å²) in [6.07, 6.45) is 5.51. The lowest BCUT2D eigenvalue weighted by Crippen LogP contribution is -2.02. The van der Waals surface area contributed by atoms with E-state index < -0.39 is 0 Å². The predicted molar refractivity (Wildman–Crippen MR) is 77.5 cm³/mol. The van der Waals surface area contributed by atoms with Crippen molar-refractivity contribution in [1.82, 2.24) is 9.55 Å². The van der Waals surface area contributed by atoms with Crippen molar-refractivity contribution in [3.05, 3.63) is 52.2 Å². The first-order valence-corrected chi connectivity index (χ1v) is 6.63. The minimum atomic E-state index is 0.733. The van der Waals surface area contributed by atoms with Crippen LogP contribution in [0.25, 0.3) is 0 Å². The van der Waals surface area contributed by atoms with Crippen LogP contribution >= 0.6 is 31.9 Å². The van der Waals surface area contributed by atoms with Gasteiger partial charge in [-0.1, -0.05) is 22.0 Å². The molecule has 3 nitrogen and oxygen atoms in total. The molecule has 2 aromatic rings. The van der Waals surface area contributed by atoms with Gasteiger partial charge in [0.25, 0.3) is 0 Å². The molecule has 0 aliphatic heterocycles. The minimum absolute atomic E-state index is 0.733. The summed E-state index contributed by atoms with van der Waals surface area (Å²) in [5, 5.41) is 3.27. The van der Waals surface area contributed by atoms with E-state index >= 15 is 0 Å². The van der Waals surface area contributed by atoms with Crippen molar-refractivity contribution < 1.29 is 0 Å². The average molecular weight is 357 g/mol. The Kier molecular flexibility index (Phi) is 4.02. The first-order valence-electron chi connectivity index (χ1n) is 5.05. The third kappa shape index (κ3) is 2.98. The lowest BCUT2D eigenvalue weighted by atomic mass is 10.3. The van der Waals surface area contributed by atoms with Crippen LogP contribution in [-0.2, 0) is 6.54 Å². The van der Waals surface area contributed by atoms with Gasteiger partial charge < -0.3 is 9.88 Å². The predicted octanol–water partition coefficient (Wildman–Crippen LogP) is 4.34. The average Bonchev–Trinajstić information content (AvgIpc) is 2.71. The van der Waals surface area contributed by atoms with Gasteiger partial charge in [-0.3, -0.25) is 0 Å². The fourth-order valence-electron chi connectivity index (χ4n) is 1.43. The maximum Gasteiger partial charge on any atom is 0.207 e. The quantitative estimate of drug-likeness (QED) is 0.826. The molecule has 17 heavy (non-hydrogen) atoms. The largest absolute Gasteiger partial charge is 0.325 e. The summed E-state index contributed by atoms with van der Waals surface area (Å²) in [6, 6.07) is 5.96. The van der Waals surface area contributed by atoms with E-state index in [0.717, 1.165) is 27.1 Å². The number of imidazole rings is 1. The van der Waals surface area contributed by atoms with Crippen molar-refractivity contribution in [2.45, 2.75) is 6.54 Å². The maximum absolute atomic E-state index is 4.27. The molecule has 5 heteroatoms. The summed E-state index contributed by atoms with van der Waals surface area (Å²) >= 11 is 6.93. The fraction of sp³-hybridized carbons (Fsp3) is 0.0833. The standard InChI is InChI=1S/C12H11Br2N3/c1-2-6-17-7-5-15-12(17)16-11-4-3-9(13)8-10(11)14/h2-5,7-8H,1,6H2,(H,15,16). The lowest BCUT2D eigenvalue weighted by molar-refractivity contribution is 0.833. The molecule has 2 rings (SSSR count). The minimum Gasteiger partial charge on any atom is -0.325 e. The number of aromatic nitrogens is 2. The van der Waals surface area contributed by atoms with Crippen molar-refractivity contribution in [1.29, 1.82) is 0 Å². The van der Waals surface area contributed by atoms with Crippen LogP contribution in [0.4, 0.5) is 11.6 Å². The third-order valence-corrected chi connectivity index (χ3v) is 3.37. The number of allylic oxidation sites excluding steroid dienone is 1. The van der Waals surface area contributed by atoms with Gasteiger partial charge in [-0.2, -0.15) is 0 Å². The second-order valence-electron chi connectivity index (χ2n) is 3.44. The molecule has 1 aromatic carbocycles. The molecule has 0 bridgehead atoms. The molecule has 1 N–H and O–H groups in total. The molecular formula is C12H11Br2N3. The van der Waals surface area contributed by atoms with Crippen LogP contribution in [0.3, 0.4) is 0 Å². The van der Waals surface area contributed by atoms with E-state index in [2.05, 4.69) is 48.7 Å². The number of nitrogens with one attached hydrogen (secondary N) is 1. The zero-order chi connectivity index (χ0) is 12.3. The van der Waals surface area contributed by atoms with Crippen LogP contribution in [0, 0.1) is 0 Å². The highest BCUT2D eigenvalue weighted by Crippen LogP contribution is 2.28. The topological polar surface area (TPSA) is 29.9 Å². The maximum atomic E-state index is 4.27. The van der Waals surface area contributed by atoms with E-state index in [-0.39, 0.29) is 0 Å². The summed E-state index contributed by atoms with van der Waals surface area (Å²) in [6.45, 7) is 4.45. The Bertz CT molecular complexity index is 534. The summed E-state index contributed by atoms with van der Waals surface area (Å²) in [7, 11) is 0. The van der Waals surface area contributed by atoms with Crippen LogP contribution in [0.5, 0.6) is 0 Å². The van der Waals surface area contributed by atoms with Crippen molar-refractivity contribution >= 4 is 43.5 Å². The van der Waals surface area contributed by atoms with Gasteiger partial charge >= 0.3 is 0 Å². The number of rotatable bonds is 4. The van der Waals surface area contributed by atoms with Gasteiger partial charge in [-0.15, -0.1) is 6.58 Å². The van der Waals surface area contributed by atoms with Crippen LogP contribution in [0.15, 0.2) is 52.2 Å². The number of benzene rings is 1. The van der Waals surface area contributed by atoms with E-state index in [9.17, 15) is 0 Å². The Morgan fingerprint density at radius 2 is 2.24 bits per heavy atom. The molecule has 0 saturated heterocycles. The summed E-state index contributed by atoms with van der Waals surface area (Å²) < 4.78 is 4.01. The molecule has 0 radical (unpaired) electrons. The van der Waals surface area contributed by atoms with Crippen LogP contribution in [-0.4, -0.2) is 9.55 Å². The molecule has 88 valence electrons. The highest BCUT2D eigenvalue weighted by Gasteiger charge is 2.05. The van der Waals surface area contributed by atoms with Crippen molar-refractivity contribution in [2.24, 2.45) is 0 Å². The van der Waals surface area contributed by atoms with Gasteiger partial charge in [0.2, 0.25) is 5.95 Å². The lowest BCUT2D eigenvalue weighted by Gasteiger charge is -2.09. The highest BCUT2D eigenvalue weighted by atomic mass is 79.9. The van der Waals surface area contributed by atoms with E-state index in [4.69, 9.17) is 0 Å². The molecular weight excluding hydrogens is 346 g/mol. The normalized spacial score (nSPS) is 10.2. The molecule has 0 fully saturated rings. The summed E-state index contributed by atoms with van der Waals surface area (Å²) in [5.74, 6) is 0.799. The zero-order valence-electron chi connectivity index (χ0n) is 9.03. The Hall–Kier alpha value is -1.07. The smallest absolute Gasteiger partial charge is 0.207 e. The van der Waals surface area contributed by atoms with Crippen LogP contribution < -0.4 is 5.32 Å². The van der Waals surface area contributed by atoms with E-state index in [1.54, 1.807) is 6.20 Å². The summed E-state index contributed by atoms with van der Waals surface area (Å²) in [4.78, 5) is 4.27. The van der Waals surface area contributed by atoms with Gasteiger partial charge in [-0.05, 0) is 34.1 Å². The van der Waals surface area contributed by atoms with Gasteiger partial charge in [0.1, 0.15) is 0 Å². The van der Waals surface area contributed by atoms with E-state index in [0.29, 0.717) is 0 Å². The highest BCUT2D eigenvalue weighted by molar-refractivity contribution is 9.11. The monoisotopic (exact) mass is 355 g/mol. The number of hydrogen-bond donors (Lipinski definition) is 1. The number of nitrogens with zero attached hydrogens (tertiary/aromatic N) is 2. The molecule has 0 spiro atoms. The Morgan fingerprint density at radius 3 is 2.94 bits per heavy atom. The first-order chi connectivity index (χ1) is 8.20. The fourth-order valence-corrected chi connectivity index (χ4v) is 2.58. The number of anilines is 2. The van der Waals surface area contributed by atoms with Gasteiger partial charge in [0.15, 0.2) is 0 Å².